The van der Waals surface area contributed by atoms with E-state index < -0.39 is 0 Å². The summed E-state index contributed by atoms with van der Waals surface area (Å²) in [5.74, 6) is 0.429. The van der Waals surface area contributed by atoms with Crippen LogP contribution in [0.4, 0.5) is 5.69 Å². The second-order valence-corrected chi connectivity index (χ2v) is 6.08. The molecule has 2 rings (SSSR count). The number of thiazole rings is 1. The Morgan fingerprint density at radius 1 is 1.53 bits per heavy atom. The number of nitrogens with one attached hydrogen (secondary N) is 1. The molecule has 3 N–H and O–H groups in total. The highest BCUT2D eigenvalue weighted by Crippen LogP contribution is 2.24. The molecule has 2 aromatic rings. The predicted octanol–water partition coefficient (Wildman–Crippen LogP) is 2.92. The van der Waals surface area contributed by atoms with Crippen molar-refractivity contribution in [2.24, 2.45) is 11.7 Å². The number of hydrogen-bond acceptors (Lipinski definition) is 4. The number of aryl methyl sites for hydroxylation is 1. The molecule has 0 aliphatic heterocycles. The first-order chi connectivity index (χ1) is 9.08. The van der Waals surface area contributed by atoms with Crippen LogP contribution in [0.3, 0.4) is 0 Å². The Morgan fingerprint density at radius 2 is 2.32 bits per heavy atom. The lowest BCUT2D eigenvalue weighted by Gasteiger charge is -2.08. The molecule has 1 amide bonds. The molecule has 1 unspecified atom stereocenters. The molecule has 0 aliphatic carbocycles. The molecule has 1 aromatic heterocycles. The fourth-order valence-corrected chi connectivity index (χ4v) is 2.70. The van der Waals surface area contributed by atoms with Crippen LogP contribution >= 0.6 is 11.3 Å². The lowest BCUT2D eigenvalue weighted by molar-refractivity contribution is -0.116. The van der Waals surface area contributed by atoms with Gasteiger partial charge in [-0.25, -0.2) is 4.98 Å². The third-order valence-corrected chi connectivity index (χ3v) is 3.98. The second-order valence-electron chi connectivity index (χ2n) is 4.84. The standard InChI is InChI=1S/C14H19N3OS/c1-9(8-15)3-6-14(18)17-11-4-5-12-13(7-11)19-10(2)16-12/h4-5,7,9H,3,6,8,15H2,1-2H3,(H,17,18). The highest BCUT2D eigenvalue weighted by atomic mass is 32.1. The van der Waals surface area contributed by atoms with E-state index in [1.807, 2.05) is 25.1 Å². The number of amides is 1. The number of anilines is 1. The first-order valence-electron chi connectivity index (χ1n) is 6.45. The Bertz CT molecular complexity index is 579. The zero-order valence-electron chi connectivity index (χ0n) is 11.3. The summed E-state index contributed by atoms with van der Waals surface area (Å²) in [7, 11) is 0. The molecule has 5 heteroatoms. The number of rotatable bonds is 5. The Hall–Kier alpha value is -1.46. The monoisotopic (exact) mass is 277 g/mol. The summed E-state index contributed by atoms with van der Waals surface area (Å²) in [5, 5.41) is 3.96. The van der Waals surface area contributed by atoms with Crippen molar-refractivity contribution < 1.29 is 4.79 Å². The molecule has 1 aromatic carbocycles. The molecule has 1 atom stereocenters. The van der Waals surface area contributed by atoms with E-state index in [9.17, 15) is 4.79 Å². The summed E-state index contributed by atoms with van der Waals surface area (Å²) in [4.78, 5) is 16.2. The topological polar surface area (TPSA) is 68.0 Å². The van der Waals surface area contributed by atoms with E-state index in [0.29, 0.717) is 18.9 Å². The minimum atomic E-state index is 0.0425. The summed E-state index contributed by atoms with van der Waals surface area (Å²) in [5.41, 5.74) is 7.36. The van der Waals surface area contributed by atoms with Gasteiger partial charge in [0, 0.05) is 12.1 Å². The van der Waals surface area contributed by atoms with Gasteiger partial charge in [-0.1, -0.05) is 6.92 Å². The largest absolute Gasteiger partial charge is 0.330 e. The quantitative estimate of drug-likeness (QED) is 0.883. The number of nitrogens with zero attached hydrogens (tertiary/aromatic N) is 1. The first kappa shape index (κ1) is 14.0. The number of fused-ring (bicyclic) bond motifs is 1. The van der Waals surface area contributed by atoms with Gasteiger partial charge in [-0.15, -0.1) is 11.3 Å². The summed E-state index contributed by atoms with van der Waals surface area (Å²) in [6.45, 7) is 4.66. The highest BCUT2D eigenvalue weighted by molar-refractivity contribution is 7.18. The Labute approximate surface area is 117 Å². The van der Waals surface area contributed by atoms with Crippen LogP contribution in [0.1, 0.15) is 24.8 Å². The van der Waals surface area contributed by atoms with Gasteiger partial charge in [-0.3, -0.25) is 4.79 Å². The van der Waals surface area contributed by atoms with Crippen LogP contribution in [0, 0.1) is 12.8 Å². The van der Waals surface area contributed by atoms with Gasteiger partial charge in [0.05, 0.1) is 15.2 Å². The van der Waals surface area contributed by atoms with Crippen molar-refractivity contribution in [2.75, 3.05) is 11.9 Å². The first-order valence-corrected chi connectivity index (χ1v) is 7.27. The molecular formula is C14H19N3OS. The number of carbonyl (C=O) groups is 1. The predicted molar refractivity (Wildman–Crippen MR) is 80.4 cm³/mol. The van der Waals surface area contributed by atoms with E-state index in [1.165, 1.54) is 0 Å². The van der Waals surface area contributed by atoms with Crippen LogP contribution in [0.15, 0.2) is 18.2 Å². The van der Waals surface area contributed by atoms with Gasteiger partial charge in [0.2, 0.25) is 5.91 Å². The third-order valence-electron chi connectivity index (χ3n) is 3.05. The van der Waals surface area contributed by atoms with Crippen LogP contribution in [-0.4, -0.2) is 17.4 Å². The fraction of sp³-hybridized carbons (Fsp3) is 0.429. The molecule has 102 valence electrons. The second kappa shape index (κ2) is 6.12. The van der Waals surface area contributed by atoms with Crippen LogP contribution in [0.25, 0.3) is 10.2 Å². The van der Waals surface area contributed by atoms with Gasteiger partial charge in [-0.05, 0) is 44.0 Å². The maximum Gasteiger partial charge on any atom is 0.224 e. The fourth-order valence-electron chi connectivity index (χ4n) is 1.84. The van der Waals surface area contributed by atoms with Crippen LogP contribution in [-0.2, 0) is 4.79 Å². The van der Waals surface area contributed by atoms with Crippen molar-refractivity contribution in [3.05, 3.63) is 23.2 Å². The van der Waals surface area contributed by atoms with Crippen molar-refractivity contribution in [2.45, 2.75) is 26.7 Å². The summed E-state index contributed by atoms with van der Waals surface area (Å²) in [6.07, 6.45) is 1.34. The molecule has 0 saturated carbocycles. The Balaban J connectivity index is 1.98. The van der Waals surface area contributed by atoms with Gasteiger partial charge >= 0.3 is 0 Å². The molecule has 0 aliphatic rings. The maximum absolute atomic E-state index is 11.8. The van der Waals surface area contributed by atoms with Crippen molar-refractivity contribution in [3.63, 3.8) is 0 Å². The summed E-state index contributed by atoms with van der Waals surface area (Å²) in [6, 6.07) is 5.81. The molecule has 0 fully saturated rings. The Kier molecular flexibility index (Phi) is 4.50. The third kappa shape index (κ3) is 3.75. The number of nitrogens with two attached hydrogens (primary N) is 1. The van der Waals surface area contributed by atoms with Gasteiger partial charge in [0.1, 0.15) is 0 Å². The highest BCUT2D eigenvalue weighted by Gasteiger charge is 2.07. The van der Waals surface area contributed by atoms with E-state index in [1.54, 1.807) is 11.3 Å². The number of hydrogen-bond donors (Lipinski definition) is 2. The molecular weight excluding hydrogens is 258 g/mol. The van der Waals surface area contributed by atoms with Crippen LogP contribution in [0.2, 0.25) is 0 Å². The molecule has 1 heterocycles. The van der Waals surface area contributed by atoms with E-state index in [0.717, 1.165) is 27.3 Å². The molecule has 19 heavy (non-hydrogen) atoms. The van der Waals surface area contributed by atoms with Crippen molar-refractivity contribution >= 4 is 33.1 Å². The lowest BCUT2D eigenvalue weighted by Crippen LogP contribution is -2.16. The normalized spacial score (nSPS) is 12.6. The van der Waals surface area contributed by atoms with E-state index in [2.05, 4.69) is 17.2 Å². The van der Waals surface area contributed by atoms with E-state index >= 15 is 0 Å². The SMILES string of the molecule is Cc1nc2ccc(NC(=O)CCC(C)CN)cc2s1. The number of benzene rings is 1. The van der Waals surface area contributed by atoms with E-state index in [4.69, 9.17) is 5.73 Å². The molecule has 0 radical (unpaired) electrons. The van der Waals surface area contributed by atoms with Crippen LogP contribution in [0.5, 0.6) is 0 Å². The zero-order chi connectivity index (χ0) is 13.8. The van der Waals surface area contributed by atoms with E-state index in [-0.39, 0.29) is 5.91 Å². The van der Waals surface area contributed by atoms with Crippen LogP contribution < -0.4 is 11.1 Å². The van der Waals surface area contributed by atoms with Gasteiger partial charge in [-0.2, -0.15) is 0 Å². The molecule has 0 spiro atoms. The lowest BCUT2D eigenvalue weighted by atomic mass is 10.1. The van der Waals surface area contributed by atoms with Crippen molar-refractivity contribution in [3.8, 4) is 0 Å². The zero-order valence-corrected chi connectivity index (χ0v) is 12.1. The number of aromatic nitrogens is 1. The maximum atomic E-state index is 11.8. The number of carbonyl (C=O) groups excluding carboxylic acids is 1. The van der Waals surface area contributed by atoms with Gasteiger partial charge in [0.25, 0.3) is 0 Å². The van der Waals surface area contributed by atoms with Gasteiger partial charge < -0.3 is 11.1 Å². The summed E-state index contributed by atoms with van der Waals surface area (Å²) >= 11 is 1.64. The van der Waals surface area contributed by atoms with Crippen molar-refractivity contribution in [1.29, 1.82) is 0 Å². The summed E-state index contributed by atoms with van der Waals surface area (Å²) < 4.78 is 1.10. The molecule has 4 nitrogen and oxygen atoms in total. The minimum Gasteiger partial charge on any atom is -0.330 e. The minimum absolute atomic E-state index is 0.0425. The average Bonchev–Trinajstić information content (AvgIpc) is 2.75. The van der Waals surface area contributed by atoms with Gasteiger partial charge in [0.15, 0.2) is 0 Å². The molecule has 0 bridgehead atoms. The molecule has 0 saturated heterocycles. The smallest absolute Gasteiger partial charge is 0.224 e. The average molecular weight is 277 g/mol. The van der Waals surface area contributed by atoms with Crippen molar-refractivity contribution in [1.82, 2.24) is 4.98 Å². The Morgan fingerprint density at radius 3 is 3.05 bits per heavy atom.